The fraction of sp³-hybridized carbons (Fsp3) is 0.333. The molecule has 3 rings (SSSR count). The highest BCUT2D eigenvalue weighted by Crippen LogP contribution is 2.29. The van der Waals surface area contributed by atoms with Crippen LogP contribution in [0.5, 0.6) is 0 Å². The molecule has 2 N–H and O–H groups in total. The van der Waals surface area contributed by atoms with Gasteiger partial charge in [-0.1, -0.05) is 6.07 Å². The molecule has 1 aromatic heterocycles. The lowest BCUT2D eigenvalue weighted by atomic mass is 9.90. The molecule has 2 aromatic rings. The zero-order valence-corrected chi connectivity index (χ0v) is 12.0. The van der Waals surface area contributed by atoms with Gasteiger partial charge < -0.3 is 10.6 Å². The minimum absolute atomic E-state index is 0.0367. The first-order chi connectivity index (χ1) is 10.6. The molecule has 0 spiro atoms. The normalized spacial score (nSPS) is 21.0. The van der Waals surface area contributed by atoms with Gasteiger partial charge in [-0.3, -0.25) is 9.48 Å². The zero-order valence-electron chi connectivity index (χ0n) is 12.0. The van der Waals surface area contributed by atoms with E-state index in [4.69, 9.17) is 0 Å². The van der Waals surface area contributed by atoms with Gasteiger partial charge in [0.25, 0.3) is 0 Å². The van der Waals surface area contributed by atoms with E-state index in [0.29, 0.717) is 13.1 Å². The molecule has 2 heterocycles. The molecule has 1 saturated heterocycles. The highest BCUT2D eigenvalue weighted by Gasteiger charge is 2.35. The average Bonchev–Trinajstić information content (AvgIpc) is 3.12. The van der Waals surface area contributed by atoms with Crippen molar-refractivity contribution in [2.75, 3.05) is 18.4 Å². The second-order valence-corrected chi connectivity index (χ2v) is 5.41. The number of rotatable bonds is 3. The summed E-state index contributed by atoms with van der Waals surface area (Å²) < 4.78 is 28.5. The predicted octanol–water partition coefficient (Wildman–Crippen LogP) is 1.64. The van der Waals surface area contributed by atoms with Gasteiger partial charge in [-0.15, -0.1) is 0 Å². The van der Waals surface area contributed by atoms with Crippen molar-refractivity contribution in [2.45, 2.75) is 5.92 Å². The van der Waals surface area contributed by atoms with Crippen LogP contribution in [0.25, 0.3) is 0 Å². The molecule has 1 amide bonds. The van der Waals surface area contributed by atoms with Gasteiger partial charge in [-0.05, 0) is 17.7 Å². The number of carbonyl (C=O) groups is 1. The van der Waals surface area contributed by atoms with Crippen molar-refractivity contribution >= 4 is 11.6 Å². The Morgan fingerprint density at radius 1 is 1.41 bits per heavy atom. The molecule has 1 aliphatic heterocycles. The first-order valence-electron chi connectivity index (χ1n) is 7.00. The van der Waals surface area contributed by atoms with Crippen molar-refractivity contribution < 1.29 is 13.6 Å². The van der Waals surface area contributed by atoms with E-state index in [9.17, 15) is 13.6 Å². The lowest BCUT2D eigenvalue weighted by Gasteiger charge is -2.17. The number of carbonyl (C=O) groups excluding carboxylic acids is 1. The van der Waals surface area contributed by atoms with Crippen LogP contribution in [0.4, 0.5) is 14.5 Å². The Bertz CT molecular complexity index is 701. The lowest BCUT2D eigenvalue weighted by Crippen LogP contribution is -2.28. The Hall–Kier alpha value is -2.28. The number of amides is 1. The maximum absolute atomic E-state index is 13.7. The van der Waals surface area contributed by atoms with Crippen molar-refractivity contribution in [1.29, 1.82) is 0 Å². The van der Waals surface area contributed by atoms with Crippen LogP contribution in [-0.2, 0) is 11.8 Å². The average molecular weight is 306 g/mol. The molecule has 22 heavy (non-hydrogen) atoms. The van der Waals surface area contributed by atoms with Gasteiger partial charge >= 0.3 is 0 Å². The quantitative estimate of drug-likeness (QED) is 0.906. The second kappa shape index (κ2) is 5.84. The lowest BCUT2D eigenvalue weighted by molar-refractivity contribution is -0.119. The summed E-state index contributed by atoms with van der Waals surface area (Å²) in [6.07, 6.45) is 3.58. The van der Waals surface area contributed by atoms with Crippen LogP contribution in [0.3, 0.4) is 0 Å². The largest absolute Gasteiger partial charge is 0.323 e. The van der Waals surface area contributed by atoms with Gasteiger partial charge in [-0.25, -0.2) is 8.78 Å². The topological polar surface area (TPSA) is 59.0 Å². The summed E-state index contributed by atoms with van der Waals surface area (Å²) >= 11 is 0. The van der Waals surface area contributed by atoms with Crippen LogP contribution < -0.4 is 10.6 Å². The summed E-state index contributed by atoms with van der Waals surface area (Å²) in [5, 5.41) is 9.75. The summed E-state index contributed by atoms with van der Waals surface area (Å²) in [5.41, 5.74) is 0.814. The SMILES string of the molecule is Cn1cc([C@H]2CNC[C@@H]2C(=O)Nc2cccc(F)c2F)cn1. The van der Waals surface area contributed by atoms with Crippen molar-refractivity contribution in [3.63, 3.8) is 0 Å². The first-order valence-corrected chi connectivity index (χ1v) is 7.00. The minimum Gasteiger partial charge on any atom is -0.323 e. The highest BCUT2D eigenvalue weighted by molar-refractivity contribution is 5.93. The van der Waals surface area contributed by atoms with Crippen molar-refractivity contribution in [3.8, 4) is 0 Å². The number of aryl methyl sites for hydroxylation is 1. The highest BCUT2D eigenvalue weighted by atomic mass is 19.2. The van der Waals surface area contributed by atoms with Crippen molar-refractivity contribution in [3.05, 3.63) is 47.8 Å². The van der Waals surface area contributed by atoms with E-state index in [-0.39, 0.29) is 23.4 Å². The molecule has 1 aromatic carbocycles. The molecule has 7 heteroatoms. The number of benzene rings is 1. The summed E-state index contributed by atoms with van der Waals surface area (Å²) in [6.45, 7) is 1.14. The van der Waals surface area contributed by atoms with Crippen LogP contribution in [0.1, 0.15) is 11.5 Å². The third-order valence-electron chi connectivity index (χ3n) is 3.91. The number of halogens is 2. The Kier molecular flexibility index (Phi) is 3.89. The van der Waals surface area contributed by atoms with E-state index in [0.717, 1.165) is 11.6 Å². The minimum atomic E-state index is -1.04. The molecule has 5 nitrogen and oxygen atoms in total. The fourth-order valence-electron chi connectivity index (χ4n) is 2.76. The van der Waals surface area contributed by atoms with Crippen LogP contribution in [0, 0.1) is 17.6 Å². The van der Waals surface area contributed by atoms with E-state index in [1.54, 1.807) is 10.9 Å². The smallest absolute Gasteiger partial charge is 0.229 e. The van der Waals surface area contributed by atoms with Gasteiger partial charge in [-0.2, -0.15) is 5.10 Å². The third-order valence-corrected chi connectivity index (χ3v) is 3.91. The van der Waals surface area contributed by atoms with Gasteiger partial charge in [0.2, 0.25) is 5.91 Å². The van der Waals surface area contributed by atoms with Gasteiger partial charge in [0.1, 0.15) is 0 Å². The molecule has 0 unspecified atom stereocenters. The predicted molar refractivity (Wildman–Crippen MR) is 77.3 cm³/mol. The number of anilines is 1. The van der Waals surface area contributed by atoms with Gasteiger partial charge in [0.05, 0.1) is 17.8 Å². The van der Waals surface area contributed by atoms with Crippen molar-refractivity contribution in [1.82, 2.24) is 15.1 Å². The summed E-state index contributed by atoms with van der Waals surface area (Å²) in [6, 6.07) is 3.72. The molecular formula is C15H16F2N4O. The number of hydrogen-bond acceptors (Lipinski definition) is 3. The van der Waals surface area contributed by atoms with Gasteiger partial charge in [0, 0.05) is 32.3 Å². The van der Waals surface area contributed by atoms with Crippen molar-refractivity contribution in [2.24, 2.45) is 13.0 Å². The Balaban J connectivity index is 1.78. The van der Waals surface area contributed by atoms with Crippen LogP contribution in [0.15, 0.2) is 30.6 Å². The van der Waals surface area contributed by atoms with E-state index in [1.165, 1.54) is 12.1 Å². The van der Waals surface area contributed by atoms with E-state index >= 15 is 0 Å². The first kappa shape index (κ1) is 14.6. The molecule has 116 valence electrons. The number of nitrogens with one attached hydrogen (secondary N) is 2. The maximum Gasteiger partial charge on any atom is 0.229 e. The monoisotopic (exact) mass is 306 g/mol. The standard InChI is InChI=1S/C15H16F2N4O/c1-21-8-9(5-19-21)10-6-18-7-11(10)15(22)20-13-4-2-3-12(16)14(13)17/h2-5,8,10-11,18H,6-7H2,1H3,(H,20,22)/t10-,11+/m1/s1. The Labute approximate surface area is 126 Å². The fourth-order valence-corrected chi connectivity index (χ4v) is 2.76. The Morgan fingerprint density at radius 3 is 2.95 bits per heavy atom. The van der Waals surface area contributed by atoms with E-state index in [1.807, 2.05) is 13.2 Å². The molecule has 0 bridgehead atoms. The summed E-state index contributed by atoms with van der Waals surface area (Å²) in [5.74, 6) is -2.74. The molecule has 2 atom stereocenters. The second-order valence-electron chi connectivity index (χ2n) is 5.41. The molecule has 0 radical (unpaired) electrons. The maximum atomic E-state index is 13.7. The molecule has 1 fully saturated rings. The van der Waals surface area contributed by atoms with Crippen LogP contribution in [0.2, 0.25) is 0 Å². The van der Waals surface area contributed by atoms with E-state index in [2.05, 4.69) is 15.7 Å². The molecule has 0 saturated carbocycles. The number of nitrogens with zero attached hydrogens (tertiary/aromatic N) is 2. The number of aromatic nitrogens is 2. The van der Waals surface area contributed by atoms with Crippen LogP contribution >= 0.6 is 0 Å². The molecule has 0 aliphatic carbocycles. The van der Waals surface area contributed by atoms with Gasteiger partial charge in [0.15, 0.2) is 11.6 Å². The third kappa shape index (κ3) is 2.71. The molecular weight excluding hydrogens is 290 g/mol. The Morgan fingerprint density at radius 2 is 2.23 bits per heavy atom. The van der Waals surface area contributed by atoms with E-state index < -0.39 is 11.6 Å². The summed E-state index contributed by atoms with van der Waals surface area (Å²) in [7, 11) is 1.81. The molecule has 1 aliphatic rings. The number of hydrogen-bond donors (Lipinski definition) is 2. The zero-order chi connectivity index (χ0) is 15.7. The van der Waals surface area contributed by atoms with Crippen LogP contribution in [-0.4, -0.2) is 28.8 Å². The summed E-state index contributed by atoms with van der Waals surface area (Å²) in [4.78, 5) is 12.4.